The number of nitrogens with zero attached hydrogens (tertiary/aromatic N) is 3. The first-order valence-electron chi connectivity index (χ1n) is 9.34. The molecule has 0 saturated heterocycles. The van der Waals surface area contributed by atoms with Crippen molar-refractivity contribution in [2.24, 2.45) is 0 Å². The molecule has 1 aliphatic heterocycles. The molecule has 0 atom stereocenters. The van der Waals surface area contributed by atoms with E-state index < -0.39 is 0 Å². The summed E-state index contributed by atoms with van der Waals surface area (Å²) in [6, 6.07) is 14.4. The van der Waals surface area contributed by atoms with Gasteiger partial charge in [0.15, 0.2) is 0 Å². The third kappa shape index (κ3) is 3.02. The molecule has 6 heteroatoms. The topological polar surface area (TPSA) is 62.6 Å². The summed E-state index contributed by atoms with van der Waals surface area (Å²) in [5, 5.41) is 0.822. The van der Waals surface area contributed by atoms with E-state index in [0.29, 0.717) is 28.9 Å². The summed E-state index contributed by atoms with van der Waals surface area (Å²) in [5.41, 5.74) is 2.70. The summed E-state index contributed by atoms with van der Waals surface area (Å²) in [5.74, 6) is -0.704. The number of hydrogen-bond donors (Lipinski definition) is 0. The smallest absolute Gasteiger partial charge is 0.261 e. The zero-order valence-electron chi connectivity index (χ0n) is 16.4. The van der Waals surface area contributed by atoms with E-state index in [9.17, 15) is 14.4 Å². The van der Waals surface area contributed by atoms with Gasteiger partial charge in [-0.3, -0.25) is 19.3 Å². The fraction of sp³-hybridized carbons (Fsp3) is 0.174. The fourth-order valence-electron chi connectivity index (χ4n) is 3.62. The minimum Gasteiger partial charge on any atom is -0.375 e. The Balaban J connectivity index is 1.63. The molecule has 2 heterocycles. The van der Waals surface area contributed by atoms with Gasteiger partial charge < -0.3 is 9.47 Å². The predicted octanol–water partition coefficient (Wildman–Crippen LogP) is 3.20. The van der Waals surface area contributed by atoms with E-state index in [1.165, 1.54) is 4.90 Å². The van der Waals surface area contributed by atoms with Crippen LogP contribution in [0.1, 0.15) is 31.1 Å². The minimum absolute atomic E-state index is 0.148. The predicted molar refractivity (Wildman–Crippen MR) is 111 cm³/mol. The molecule has 0 fully saturated rings. The number of allylic oxidation sites excluding steroid dienone is 1. The number of Topliss-reactive ketones (excluding diaryl/α,β-unsaturated/α-hetero) is 1. The highest BCUT2D eigenvalue weighted by molar-refractivity contribution is 6.21. The summed E-state index contributed by atoms with van der Waals surface area (Å²) in [6.07, 6.45) is 1.78. The van der Waals surface area contributed by atoms with E-state index in [-0.39, 0.29) is 24.1 Å². The average molecular weight is 387 g/mol. The van der Waals surface area contributed by atoms with Crippen molar-refractivity contribution in [2.75, 3.05) is 20.6 Å². The lowest BCUT2D eigenvalue weighted by Crippen LogP contribution is -2.32. The van der Waals surface area contributed by atoms with Crippen molar-refractivity contribution < 1.29 is 14.4 Å². The summed E-state index contributed by atoms with van der Waals surface area (Å²) in [4.78, 5) is 41.0. The maximum atomic E-state index is 12.9. The van der Waals surface area contributed by atoms with Gasteiger partial charge in [0, 0.05) is 49.8 Å². The van der Waals surface area contributed by atoms with Crippen LogP contribution in [0.2, 0.25) is 0 Å². The van der Waals surface area contributed by atoms with Crippen LogP contribution in [0.3, 0.4) is 0 Å². The second kappa shape index (κ2) is 7.05. The molecule has 6 nitrogen and oxygen atoms in total. The van der Waals surface area contributed by atoms with Gasteiger partial charge in [-0.2, -0.15) is 0 Å². The Kier molecular flexibility index (Phi) is 4.54. The monoisotopic (exact) mass is 387 g/mol. The molecule has 0 bridgehead atoms. The van der Waals surface area contributed by atoms with Gasteiger partial charge in [0.2, 0.25) is 5.78 Å². The third-order valence-electron chi connectivity index (χ3n) is 5.28. The Morgan fingerprint density at radius 2 is 1.52 bits per heavy atom. The number of carbonyl (C=O) groups excluding carboxylic acids is 3. The average Bonchev–Trinajstić information content (AvgIpc) is 3.21. The van der Waals surface area contributed by atoms with E-state index in [2.05, 4.69) is 6.58 Å². The van der Waals surface area contributed by atoms with Crippen molar-refractivity contribution in [3.05, 3.63) is 83.7 Å². The number of benzene rings is 2. The van der Waals surface area contributed by atoms with Crippen molar-refractivity contribution in [1.82, 2.24) is 14.4 Å². The second-order valence-corrected chi connectivity index (χ2v) is 7.23. The lowest BCUT2D eigenvalue weighted by atomic mass is 10.1. The number of imide groups is 1. The normalized spacial score (nSPS) is 13.1. The molecule has 29 heavy (non-hydrogen) atoms. The van der Waals surface area contributed by atoms with Gasteiger partial charge in [0.25, 0.3) is 11.8 Å². The minimum atomic E-state index is -0.278. The molecule has 0 N–H and O–H groups in total. The van der Waals surface area contributed by atoms with E-state index >= 15 is 0 Å². The van der Waals surface area contributed by atoms with Gasteiger partial charge in [0.1, 0.15) is 0 Å². The second-order valence-electron chi connectivity index (χ2n) is 7.23. The van der Waals surface area contributed by atoms with Crippen molar-refractivity contribution in [2.45, 2.75) is 6.54 Å². The highest BCUT2D eigenvalue weighted by Gasteiger charge is 2.34. The standard InChI is InChI=1S/C23H21N3O3/c1-15(24(2)3)21(27)19-14-25(20-11-7-6-8-16(19)20)12-13-26-22(28)17-9-4-5-10-18(17)23(26)29/h4-11,14H,1,12-13H2,2-3H3. The Morgan fingerprint density at radius 3 is 2.14 bits per heavy atom. The molecular weight excluding hydrogens is 366 g/mol. The molecule has 0 spiro atoms. The quantitative estimate of drug-likeness (QED) is 0.370. The molecule has 0 radical (unpaired) electrons. The maximum absolute atomic E-state index is 12.9. The first-order valence-corrected chi connectivity index (χ1v) is 9.34. The molecule has 2 amide bonds. The summed E-state index contributed by atoms with van der Waals surface area (Å²) < 4.78 is 1.91. The van der Waals surface area contributed by atoms with Gasteiger partial charge in [-0.15, -0.1) is 0 Å². The molecule has 2 aromatic carbocycles. The third-order valence-corrected chi connectivity index (χ3v) is 5.28. The lowest BCUT2D eigenvalue weighted by molar-refractivity contribution is 0.0649. The van der Waals surface area contributed by atoms with Crippen LogP contribution in [0.4, 0.5) is 0 Å². The van der Waals surface area contributed by atoms with Crippen molar-refractivity contribution in [1.29, 1.82) is 0 Å². The first kappa shape index (κ1) is 18.7. The van der Waals surface area contributed by atoms with Crippen LogP contribution in [-0.4, -0.2) is 52.6 Å². The Morgan fingerprint density at radius 1 is 0.931 bits per heavy atom. The molecule has 0 aliphatic carbocycles. The SMILES string of the molecule is C=C(C(=O)c1cn(CCN2C(=O)c3ccccc3C2=O)c2ccccc12)N(C)C. The number of amides is 2. The van der Waals surface area contributed by atoms with Crippen LogP contribution < -0.4 is 0 Å². The molecular formula is C23H21N3O3. The summed E-state index contributed by atoms with van der Waals surface area (Å²) in [7, 11) is 3.56. The lowest BCUT2D eigenvalue weighted by Gasteiger charge is -2.15. The van der Waals surface area contributed by atoms with Crippen LogP contribution >= 0.6 is 0 Å². The Hall–Kier alpha value is -3.67. The van der Waals surface area contributed by atoms with Crippen LogP contribution in [-0.2, 0) is 6.54 Å². The molecule has 0 unspecified atom stereocenters. The van der Waals surface area contributed by atoms with E-state index in [0.717, 1.165) is 10.9 Å². The van der Waals surface area contributed by atoms with Gasteiger partial charge in [-0.25, -0.2) is 0 Å². The number of fused-ring (bicyclic) bond motifs is 2. The Bertz CT molecular complexity index is 1140. The molecule has 4 rings (SSSR count). The van der Waals surface area contributed by atoms with E-state index in [1.807, 2.05) is 28.8 Å². The zero-order chi connectivity index (χ0) is 20.7. The number of rotatable bonds is 6. The number of ketones is 1. The largest absolute Gasteiger partial charge is 0.375 e. The maximum Gasteiger partial charge on any atom is 0.261 e. The number of hydrogen-bond acceptors (Lipinski definition) is 4. The molecule has 3 aromatic rings. The number of carbonyl (C=O) groups is 3. The number of aromatic nitrogens is 1. The van der Waals surface area contributed by atoms with Crippen molar-refractivity contribution in [3.63, 3.8) is 0 Å². The van der Waals surface area contributed by atoms with Gasteiger partial charge in [0.05, 0.1) is 16.8 Å². The number of para-hydroxylation sites is 1. The van der Waals surface area contributed by atoms with Gasteiger partial charge in [-0.05, 0) is 18.2 Å². The Labute approximate surface area is 168 Å². The summed E-state index contributed by atoms with van der Waals surface area (Å²) in [6.45, 7) is 4.49. The highest BCUT2D eigenvalue weighted by atomic mass is 16.2. The highest BCUT2D eigenvalue weighted by Crippen LogP contribution is 2.26. The fourth-order valence-corrected chi connectivity index (χ4v) is 3.62. The van der Waals surface area contributed by atoms with Crippen LogP contribution in [0.25, 0.3) is 10.9 Å². The molecule has 1 aliphatic rings. The van der Waals surface area contributed by atoms with E-state index in [1.54, 1.807) is 49.5 Å². The molecule has 1 aromatic heterocycles. The van der Waals surface area contributed by atoms with Crippen molar-refractivity contribution in [3.8, 4) is 0 Å². The van der Waals surface area contributed by atoms with Crippen LogP contribution in [0.5, 0.6) is 0 Å². The number of likely N-dealkylation sites (N-methyl/N-ethyl adjacent to an activating group) is 1. The van der Waals surface area contributed by atoms with E-state index in [4.69, 9.17) is 0 Å². The summed E-state index contributed by atoms with van der Waals surface area (Å²) >= 11 is 0. The van der Waals surface area contributed by atoms with Crippen molar-refractivity contribution >= 4 is 28.5 Å². The molecule has 0 saturated carbocycles. The van der Waals surface area contributed by atoms with Gasteiger partial charge >= 0.3 is 0 Å². The van der Waals surface area contributed by atoms with Crippen LogP contribution in [0.15, 0.2) is 67.0 Å². The first-order chi connectivity index (χ1) is 13.9. The zero-order valence-corrected chi connectivity index (χ0v) is 16.4. The van der Waals surface area contributed by atoms with Crippen LogP contribution in [0, 0.1) is 0 Å². The van der Waals surface area contributed by atoms with Gasteiger partial charge in [-0.1, -0.05) is 36.9 Å². The molecule has 146 valence electrons.